The number of carbonyl (C=O) groups excluding carboxylic acids is 1. The number of hydrogen-bond acceptors (Lipinski definition) is 5. The number of ether oxygens (including phenoxy) is 1. The van der Waals surface area contributed by atoms with Crippen molar-refractivity contribution >= 4 is 17.4 Å². The zero-order valence-corrected chi connectivity index (χ0v) is 15.4. The van der Waals surface area contributed by atoms with Crippen molar-refractivity contribution in [2.75, 3.05) is 23.9 Å². The molecule has 3 aromatic rings. The largest absolute Gasteiger partial charge is 0.497 e. The fraction of sp³-hybridized carbons (Fsp3) is 0.190. The molecule has 0 saturated heterocycles. The van der Waals surface area contributed by atoms with Crippen LogP contribution in [-0.2, 0) is 6.54 Å². The number of carbonyl (C=O) groups is 1. The number of anilines is 2. The van der Waals surface area contributed by atoms with Crippen LogP contribution in [0.5, 0.6) is 5.75 Å². The van der Waals surface area contributed by atoms with E-state index in [1.807, 2.05) is 61.5 Å². The summed E-state index contributed by atoms with van der Waals surface area (Å²) in [5, 5.41) is 3.20. The van der Waals surface area contributed by atoms with Crippen molar-refractivity contribution in [2.45, 2.75) is 13.5 Å². The monoisotopic (exact) mass is 362 g/mol. The van der Waals surface area contributed by atoms with E-state index in [9.17, 15) is 4.79 Å². The standard InChI is InChI=1S/C21H22N4O2/c1-3-25(17-7-5-4-6-8-17)21(26)19-14-24-20(15-22-19)23-13-16-9-11-18(27-2)12-10-16/h4-12,14-15H,3,13H2,1-2H3,(H,23,24). The molecule has 0 spiro atoms. The zero-order chi connectivity index (χ0) is 19.1. The van der Waals surface area contributed by atoms with Gasteiger partial charge in [-0.1, -0.05) is 30.3 Å². The lowest BCUT2D eigenvalue weighted by Crippen LogP contribution is -2.31. The summed E-state index contributed by atoms with van der Waals surface area (Å²) in [5.41, 5.74) is 2.25. The molecule has 1 N–H and O–H groups in total. The molecule has 6 heteroatoms. The first kappa shape index (κ1) is 18.4. The Balaban J connectivity index is 1.64. The van der Waals surface area contributed by atoms with Crippen LogP contribution >= 0.6 is 0 Å². The van der Waals surface area contributed by atoms with Crippen molar-refractivity contribution in [3.8, 4) is 5.75 Å². The highest BCUT2D eigenvalue weighted by Gasteiger charge is 2.17. The Labute approximate surface area is 158 Å². The minimum Gasteiger partial charge on any atom is -0.497 e. The Bertz CT molecular complexity index is 865. The summed E-state index contributed by atoms with van der Waals surface area (Å²) in [6.45, 7) is 3.10. The molecule has 3 rings (SSSR count). The van der Waals surface area contributed by atoms with Gasteiger partial charge in [-0.3, -0.25) is 4.79 Å². The van der Waals surface area contributed by atoms with E-state index in [1.165, 1.54) is 6.20 Å². The van der Waals surface area contributed by atoms with Gasteiger partial charge in [-0.15, -0.1) is 0 Å². The molecule has 0 atom stereocenters. The van der Waals surface area contributed by atoms with Crippen molar-refractivity contribution in [1.82, 2.24) is 9.97 Å². The molecule has 0 aliphatic rings. The summed E-state index contributed by atoms with van der Waals surface area (Å²) in [4.78, 5) is 23.0. The normalized spacial score (nSPS) is 10.3. The van der Waals surface area contributed by atoms with E-state index in [1.54, 1.807) is 18.2 Å². The van der Waals surface area contributed by atoms with Crippen molar-refractivity contribution < 1.29 is 9.53 Å². The van der Waals surface area contributed by atoms with E-state index in [0.717, 1.165) is 17.0 Å². The average molecular weight is 362 g/mol. The molecular weight excluding hydrogens is 340 g/mol. The van der Waals surface area contributed by atoms with Crippen LogP contribution in [-0.4, -0.2) is 29.5 Å². The van der Waals surface area contributed by atoms with Crippen molar-refractivity contribution in [3.63, 3.8) is 0 Å². The van der Waals surface area contributed by atoms with Crippen LogP contribution in [0, 0.1) is 0 Å². The van der Waals surface area contributed by atoms with Crippen LogP contribution in [0.15, 0.2) is 67.0 Å². The third-order valence-electron chi connectivity index (χ3n) is 4.13. The fourth-order valence-corrected chi connectivity index (χ4v) is 2.66. The van der Waals surface area contributed by atoms with Gasteiger partial charge in [-0.05, 0) is 36.8 Å². The maximum Gasteiger partial charge on any atom is 0.278 e. The second kappa shape index (κ2) is 8.80. The van der Waals surface area contributed by atoms with E-state index in [-0.39, 0.29) is 5.91 Å². The van der Waals surface area contributed by atoms with Crippen molar-refractivity contribution in [3.05, 3.63) is 78.2 Å². The molecule has 138 valence electrons. The number of hydrogen-bond donors (Lipinski definition) is 1. The second-order valence-electron chi connectivity index (χ2n) is 5.87. The van der Waals surface area contributed by atoms with Gasteiger partial charge < -0.3 is 15.0 Å². The highest BCUT2D eigenvalue weighted by molar-refractivity contribution is 6.04. The number of methoxy groups -OCH3 is 1. The van der Waals surface area contributed by atoms with Gasteiger partial charge in [0.05, 0.1) is 19.5 Å². The lowest BCUT2D eigenvalue weighted by molar-refractivity contribution is 0.0983. The number of amides is 1. The van der Waals surface area contributed by atoms with Gasteiger partial charge in [0, 0.05) is 18.8 Å². The SMILES string of the molecule is CCN(C(=O)c1cnc(NCc2ccc(OC)cc2)cn1)c1ccccc1. The molecule has 1 aromatic heterocycles. The number of nitrogens with one attached hydrogen (secondary N) is 1. The average Bonchev–Trinajstić information content (AvgIpc) is 2.74. The number of nitrogens with zero attached hydrogens (tertiary/aromatic N) is 3. The van der Waals surface area contributed by atoms with Crippen LogP contribution in [0.1, 0.15) is 23.0 Å². The fourth-order valence-electron chi connectivity index (χ4n) is 2.66. The smallest absolute Gasteiger partial charge is 0.278 e. The van der Waals surface area contributed by atoms with Gasteiger partial charge in [0.15, 0.2) is 0 Å². The van der Waals surface area contributed by atoms with Gasteiger partial charge in [0.2, 0.25) is 0 Å². The first-order chi connectivity index (χ1) is 13.2. The predicted octanol–water partition coefficient (Wildman–Crippen LogP) is 3.76. The summed E-state index contributed by atoms with van der Waals surface area (Å²) >= 11 is 0. The van der Waals surface area contributed by atoms with Crippen LogP contribution in [0.2, 0.25) is 0 Å². The molecule has 6 nitrogen and oxygen atoms in total. The molecule has 1 heterocycles. The minimum atomic E-state index is -0.169. The third-order valence-corrected chi connectivity index (χ3v) is 4.13. The van der Waals surface area contributed by atoms with E-state index in [0.29, 0.717) is 24.6 Å². The van der Waals surface area contributed by atoms with Crippen molar-refractivity contribution in [2.24, 2.45) is 0 Å². The lowest BCUT2D eigenvalue weighted by atomic mass is 10.2. The maximum absolute atomic E-state index is 12.7. The predicted molar refractivity (Wildman–Crippen MR) is 106 cm³/mol. The number of aromatic nitrogens is 2. The second-order valence-corrected chi connectivity index (χ2v) is 5.87. The Morgan fingerprint density at radius 1 is 1.04 bits per heavy atom. The molecule has 0 fully saturated rings. The molecule has 0 radical (unpaired) electrons. The molecular formula is C21H22N4O2. The van der Waals surface area contributed by atoms with Gasteiger partial charge in [-0.2, -0.15) is 0 Å². The first-order valence-electron chi connectivity index (χ1n) is 8.77. The molecule has 0 unspecified atom stereocenters. The quantitative estimate of drug-likeness (QED) is 0.693. The maximum atomic E-state index is 12.7. The molecule has 27 heavy (non-hydrogen) atoms. The molecule has 0 saturated carbocycles. The number of benzene rings is 2. The Kier molecular flexibility index (Phi) is 5.99. The molecule has 1 amide bonds. The van der Waals surface area contributed by atoms with Gasteiger partial charge in [0.1, 0.15) is 17.3 Å². The topological polar surface area (TPSA) is 67.4 Å². The molecule has 0 aliphatic heterocycles. The zero-order valence-electron chi connectivity index (χ0n) is 15.4. The van der Waals surface area contributed by atoms with Crippen LogP contribution in [0.3, 0.4) is 0 Å². The summed E-state index contributed by atoms with van der Waals surface area (Å²) < 4.78 is 5.15. The van der Waals surface area contributed by atoms with Crippen LogP contribution in [0.4, 0.5) is 11.5 Å². The number of para-hydroxylation sites is 1. The van der Waals surface area contributed by atoms with E-state index in [4.69, 9.17) is 4.74 Å². The van der Waals surface area contributed by atoms with E-state index in [2.05, 4.69) is 15.3 Å². The Morgan fingerprint density at radius 2 is 1.78 bits per heavy atom. The van der Waals surface area contributed by atoms with Crippen molar-refractivity contribution in [1.29, 1.82) is 0 Å². The third kappa shape index (κ3) is 4.61. The minimum absolute atomic E-state index is 0.169. The highest BCUT2D eigenvalue weighted by Crippen LogP contribution is 2.16. The van der Waals surface area contributed by atoms with Gasteiger partial charge in [0.25, 0.3) is 5.91 Å². The molecule has 0 bridgehead atoms. The van der Waals surface area contributed by atoms with Gasteiger partial charge in [-0.25, -0.2) is 9.97 Å². The highest BCUT2D eigenvalue weighted by atomic mass is 16.5. The van der Waals surface area contributed by atoms with E-state index >= 15 is 0 Å². The summed E-state index contributed by atoms with van der Waals surface area (Å²) in [7, 11) is 1.64. The summed E-state index contributed by atoms with van der Waals surface area (Å²) in [5.74, 6) is 1.27. The van der Waals surface area contributed by atoms with E-state index < -0.39 is 0 Å². The lowest BCUT2D eigenvalue weighted by Gasteiger charge is -2.20. The first-order valence-corrected chi connectivity index (χ1v) is 8.77. The van der Waals surface area contributed by atoms with Gasteiger partial charge >= 0.3 is 0 Å². The Morgan fingerprint density at radius 3 is 2.37 bits per heavy atom. The molecule has 0 aliphatic carbocycles. The number of rotatable bonds is 7. The molecule has 2 aromatic carbocycles. The van der Waals surface area contributed by atoms with Crippen LogP contribution in [0.25, 0.3) is 0 Å². The van der Waals surface area contributed by atoms with Crippen LogP contribution < -0.4 is 15.0 Å². The Hall–Kier alpha value is -3.41. The summed E-state index contributed by atoms with van der Waals surface area (Å²) in [6, 6.07) is 17.3. The summed E-state index contributed by atoms with van der Waals surface area (Å²) in [6.07, 6.45) is 3.08.